The van der Waals surface area contributed by atoms with Crippen molar-refractivity contribution in [2.45, 2.75) is 13.8 Å². The number of esters is 1. The van der Waals surface area contributed by atoms with Gasteiger partial charge in [-0.3, -0.25) is 0 Å². The van der Waals surface area contributed by atoms with Crippen molar-refractivity contribution in [3.8, 4) is 0 Å². The fourth-order valence-electron chi connectivity index (χ4n) is 2.41. The van der Waals surface area contributed by atoms with Gasteiger partial charge in [0.25, 0.3) is 0 Å². The van der Waals surface area contributed by atoms with Crippen LogP contribution < -0.4 is 5.32 Å². The third-order valence-corrected chi connectivity index (χ3v) is 4.39. The van der Waals surface area contributed by atoms with Crippen LogP contribution in [0.25, 0.3) is 11.0 Å². The van der Waals surface area contributed by atoms with Crippen LogP contribution >= 0.6 is 23.2 Å². The van der Waals surface area contributed by atoms with Crippen molar-refractivity contribution in [2.24, 2.45) is 0 Å². The summed E-state index contributed by atoms with van der Waals surface area (Å²) in [4.78, 5) is 21.0. The summed E-state index contributed by atoms with van der Waals surface area (Å²) in [5.74, 6) is -0.474. The number of carbonyl (C=O) groups excluding carboxylic acids is 1. The van der Waals surface area contributed by atoms with Gasteiger partial charge in [-0.15, -0.1) is 0 Å². The predicted octanol–water partition coefficient (Wildman–Crippen LogP) is 5.17. The van der Waals surface area contributed by atoms with Gasteiger partial charge in [0, 0.05) is 17.3 Å². The minimum Gasteiger partial charge on any atom is -0.462 e. The normalized spacial score (nSPS) is 10.7. The molecule has 0 saturated carbocycles. The molecule has 128 valence electrons. The molecular weight excluding hydrogens is 361 g/mol. The van der Waals surface area contributed by atoms with E-state index in [0.29, 0.717) is 38.0 Å². The van der Waals surface area contributed by atoms with E-state index in [-0.39, 0.29) is 6.61 Å². The second-order valence-electron chi connectivity index (χ2n) is 5.32. The van der Waals surface area contributed by atoms with Crippen molar-refractivity contribution in [1.82, 2.24) is 9.97 Å². The first-order valence-electron chi connectivity index (χ1n) is 7.65. The van der Waals surface area contributed by atoms with Crippen molar-refractivity contribution in [2.75, 3.05) is 11.9 Å². The summed E-state index contributed by atoms with van der Waals surface area (Å²) in [6.07, 6.45) is 1.45. The fourth-order valence-corrected chi connectivity index (χ4v) is 2.75. The van der Waals surface area contributed by atoms with E-state index in [1.807, 2.05) is 19.1 Å². The van der Waals surface area contributed by atoms with Crippen LogP contribution in [-0.2, 0) is 4.74 Å². The Kier molecular flexibility index (Phi) is 5.06. The Morgan fingerprint density at radius 2 is 2.04 bits per heavy atom. The van der Waals surface area contributed by atoms with Crippen molar-refractivity contribution < 1.29 is 9.53 Å². The highest BCUT2D eigenvalue weighted by Gasteiger charge is 2.18. The van der Waals surface area contributed by atoms with Crippen molar-refractivity contribution in [1.29, 1.82) is 0 Å². The van der Waals surface area contributed by atoms with Gasteiger partial charge in [0.05, 0.1) is 28.0 Å². The second-order valence-corrected chi connectivity index (χ2v) is 6.10. The topological polar surface area (TPSA) is 64.1 Å². The van der Waals surface area contributed by atoms with Gasteiger partial charge in [0.2, 0.25) is 0 Å². The summed E-state index contributed by atoms with van der Waals surface area (Å²) < 4.78 is 5.13. The molecule has 1 N–H and O–H groups in total. The number of benzene rings is 1. The molecule has 3 rings (SSSR count). The standard InChI is InChI=1S/C18H15Cl2N3O2/c1-3-25-18(24)12-9-21-17-11(8-7-10(2)22-17)16(12)23-14-6-4-5-13(19)15(14)20/h4-9H,3H2,1-2H3,(H,21,22,23). The average Bonchev–Trinajstić information content (AvgIpc) is 2.59. The van der Waals surface area contributed by atoms with Gasteiger partial charge in [-0.25, -0.2) is 14.8 Å². The maximum absolute atomic E-state index is 12.3. The summed E-state index contributed by atoms with van der Waals surface area (Å²) >= 11 is 12.4. The number of nitrogens with one attached hydrogen (secondary N) is 1. The van der Waals surface area contributed by atoms with E-state index in [1.165, 1.54) is 6.20 Å². The van der Waals surface area contributed by atoms with Crippen LogP contribution in [0.4, 0.5) is 11.4 Å². The van der Waals surface area contributed by atoms with Crippen molar-refractivity contribution in [3.63, 3.8) is 0 Å². The summed E-state index contributed by atoms with van der Waals surface area (Å²) in [6.45, 7) is 3.89. The van der Waals surface area contributed by atoms with E-state index < -0.39 is 5.97 Å². The monoisotopic (exact) mass is 375 g/mol. The Morgan fingerprint density at radius 3 is 2.80 bits per heavy atom. The third kappa shape index (κ3) is 3.52. The van der Waals surface area contributed by atoms with Crippen LogP contribution in [-0.4, -0.2) is 22.5 Å². The molecule has 0 atom stereocenters. The zero-order valence-corrected chi connectivity index (χ0v) is 15.1. The summed E-state index contributed by atoms with van der Waals surface area (Å²) in [6, 6.07) is 8.94. The molecule has 0 unspecified atom stereocenters. The number of aromatic nitrogens is 2. The first-order chi connectivity index (χ1) is 12.0. The number of rotatable bonds is 4. The molecule has 0 spiro atoms. The molecule has 7 heteroatoms. The van der Waals surface area contributed by atoms with Crippen LogP contribution in [0.2, 0.25) is 10.0 Å². The number of carbonyl (C=O) groups is 1. The van der Waals surface area contributed by atoms with Gasteiger partial charge in [-0.05, 0) is 38.1 Å². The largest absolute Gasteiger partial charge is 0.462 e. The van der Waals surface area contributed by atoms with Gasteiger partial charge in [0.15, 0.2) is 5.65 Å². The number of nitrogens with zero attached hydrogens (tertiary/aromatic N) is 2. The number of hydrogen-bond donors (Lipinski definition) is 1. The van der Waals surface area contributed by atoms with Crippen molar-refractivity contribution in [3.05, 3.63) is 57.8 Å². The van der Waals surface area contributed by atoms with Gasteiger partial charge < -0.3 is 10.1 Å². The molecule has 0 fully saturated rings. The average molecular weight is 376 g/mol. The Balaban J connectivity index is 2.20. The Labute approximate surface area is 155 Å². The lowest BCUT2D eigenvalue weighted by Gasteiger charge is -2.15. The molecule has 0 bridgehead atoms. The van der Waals surface area contributed by atoms with Crippen LogP contribution in [0, 0.1) is 6.92 Å². The van der Waals surface area contributed by atoms with Crippen LogP contribution in [0.1, 0.15) is 23.0 Å². The number of pyridine rings is 2. The second kappa shape index (κ2) is 7.25. The van der Waals surface area contributed by atoms with Crippen LogP contribution in [0.5, 0.6) is 0 Å². The molecule has 3 aromatic rings. The van der Waals surface area contributed by atoms with E-state index in [9.17, 15) is 4.79 Å². The number of anilines is 2. The van der Waals surface area contributed by atoms with Crippen LogP contribution in [0.3, 0.4) is 0 Å². The molecule has 2 aromatic heterocycles. The number of ether oxygens (including phenoxy) is 1. The summed E-state index contributed by atoms with van der Waals surface area (Å²) in [5, 5.41) is 4.65. The lowest BCUT2D eigenvalue weighted by atomic mass is 10.1. The highest BCUT2D eigenvalue weighted by atomic mass is 35.5. The van der Waals surface area contributed by atoms with E-state index in [0.717, 1.165) is 5.69 Å². The Bertz CT molecular complexity index is 960. The number of aryl methyl sites for hydroxylation is 1. The molecule has 0 aliphatic carbocycles. The molecule has 2 heterocycles. The zero-order valence-electron chi connectivity index (χ0n) is 13.6. The molecule has 0 saturated heterocycles. The highest BCUT2D eigenvalue weighted by molar-refractivity contribution is 6.43. The van der Waals surface area contributed by atoms with E-state index in [4.69, 9.17) is 27.9 Å². The quantitative estimate of drug-likeness (QED) is 0.637. The minimum absolute atomic E-state index is 0.264. The molecular formula is C18H15Cl2N3O2. The Hall–Kier alpha value is -2.37. The van der Waals surface area contributed by atoms with E-state index in [2.05, 4.69) is 15.3 Å². The van der Waals surface area contributed by atoms with Gasteiger partial charge in [0.1, 0.15) is 5.56 Å². The summed E-state index contributed by atoms with van der Waals surface area (Å²) in [5.41, 5.74) is 2.76. The number of hydrogen-bond acceptors (Lipinski definition) is 5. The minimum atomic E-state index is -0.474. The molecule has 0 aliphatic rings. The highest BCUT2D eigenvalue weighted by Crippen LogP contribution is 2.35. The van der Waals surface area contributed by atoms with E-state index >= 15 is 0 Å². The molecule has 0 aliphatic heterocycles. The number of halogens is 2. The van der Waals surface area contributed by atoms with Gasteiger partial charge in [-0.2, -0.15) is 0 Å². The van der Waals surface area contributed by atoms with Crippen molar-refractivity contribution >= 4 is 51.6 Å². The van der Waals surface area contributed by atoms with Gasteiger partial charge >= 0.3 is 5.97 Å². The number of fused-ring (bicyclic) bond motifs is 1. The lowest BCUT2D eigenvalue weighted by molar-refractivity contribution is 0.0527. The summed E-state index contributed by atoms with van der Waals surface area (Å²) in [7, 11) is 0. The smallest absolute Gasteiger partial charge is 0.341 e. The third-order valence-electron chi connectivity index (χ3n) is 3.58. The first kappa shape index (κ1) is 17.5. The SMILES string of the molecule is CCOC(=O)c1cnc2nc(C)ccc2c1Nc1cccc(Cl)c1Cl. The first-order valence-corrected chi connectivity index (χ1v) is 8.41. The zero-order chi connectivity index (χ0) is 18.0. The van der Waals surface area contributed by atoms with Gasteiger partial charge in [-0.1, -0.05) is 29.3 Å². The molecule has 25 heavy (non-hydrogen) atoms. The predicted molar refractivity (Wildman–Crippen MR) is 100.0 cm³/mol. The lowest BCUT2D eigenvalue weighted by Crippen LogP contribution is -2.10. The Morgan fingerprint density at radius 1 is 1.24 bits per heavy atom. The molecule has 0 radical (unpaired) electrons. The maximum Gasteiger partial charge on any atom is 0.341 e. The molecule has 5 nitrogen and oxygen atoms in total. The fraction of sp³-hybridized carbons (Fsp3) is 0.167. The van der Waals surface area contributed by atoms with Crippen LogP contribution in [0.15, 0.2) is 36.5 Å². The molecule has 0 amide bonds. The molecule has 1 aromatic carbocycles. The maximum atomic E-state index is 12.3. The van der Waals surface area contributed by atoms with E-state index in [1.54, 1.807) is 25.1 Å².